The van der Waals surface area contributed by atoms with Crippen molar-refractivity contribution in [3.63, 3.8) is 0 Å². The summed E-state index contributed by atoms with van der Waals surface area (Å²) in [6.07, 6.45) is 1.18. The van der Waals surface area contributed by atoms with Crippen LogP contribution in [0.1, 0.15) is 37.6 Å². The van der Waals surface area contributed by atoms with Crippen LogP contribution in [-0.2, 0) is 0 Å². The van der Waals surface area contributed by atoms with E-state index in [4.69, 9.17) is 0 Å². The highest BCUT2D eigenvalue weighted by atomic mass is 32.2. The van der Waals surface area contributed by atoms with Crippen molar-refractivity contribution in [1.82, 2.24) is 4.72 Å². The molecule has 0 unspecified atom stereocenters. The molecule has 0 aliphatic heterocycles. The average molecular weight is 237 g/mol. The molecule has 16 heavy (non-hydrogen) atoms. The fourth-order valence-electron chi connectivity index (χ4n) is 1.24. The molecule has 0 heterocycles. The van der Waals surface area contributed by atoms with E-state index in [-0.39, 0.29) is 5.78 Å². The van der Waals surface area contributed by atoms with Gasteiger partial charge in [-0.3, -0.25) is 9.52 Å². The molecule has 1 aromatic rings. The van der Waals surface area contributed by atoms with Crippen molar-refractivity contribution in [3.05, 3.63) is 29.8 Å². The molecule has 0 bridgehead atoms. The molecular formula is C13H19NOS. The first kappa shape index (κ1) is 13.3. The highest BCUT2D eigenvalue weighted by Gasteiger charge is 1.99. The van der Waals surface area contributed by atoms with Gasteiger partial charge in [0.15, 0.2) is 5.78 Å². The van der Waals surface area contributed by atoms with Crippen LogP contribution >= 0.6 is 11.9 Å². The molecule has 0 aliphatic carbocycles. The first-order valence-electron chi connectivity index (χ1n) is 5.60. The van der Waals surface area contributed by atoms with Crippen LogP contribution in [0.2, 0.25) is 0 Å². The quantitative estimate of drug-likeness (QED) is 0.466. The third-order valence-corrected chi connectivity index (χ3v) is 3.13. The molecule has 1 rings (SSSR count). The van der Waals surface area contributed by atoms with Crippen LogP contribution < -0.4 is 4.72 Å². The van der Waals surface area contributed by atoms with E-state index in [2.05, 4.69) is 18.6 Å². The molecule has 0 amide bonds. The van der Waals surface area contributed by atoms with Gasteiger partial charge in [0.1, 0.15) is 0 Å². The number of carbonyl (C=O) groups is 1. The summed E-state index contributed by atoms with van der Waals surface area (Å²) in [5, 5.41) is 0. The van der Waals surface area contributed by atoms with Crippen LogP contribution in [0.25, 0.3) is 0 Å². The lowest BCUT2D eigenvalue weighted by molar-refractivity contribution is 0.101. The third kappa shape index (κ3) is 4.81. The lowest BCUT2D eigenvalue weighted by Gasteiger charge is -2.06. The molecule has 0 atom stereocenters. The number of hydrogen-bond donors (Lipinski definition) is 1. The second-order valence-corrected chi connectivity index (χ2v) is 5.22. The van der Waals surface area contributed by atoms with Crippen molar-refractivity contribution in [2.24, 2.45) is 5.92 Å². The van der Waals surface area contributed by atoms with E-state index < -0.39 is 0 Å². The Labute approximate surface area is 102 Å². The molecule has 3 heteroatoms. The van der Waals surface area contributed by atoms with E-state index in [1.807, 2.05) is 24.3 Å². The van der Waals surface area contributed by atoms with Gasteiger partial charge in [-0.05, 0) is 43.3 Å². The number of hydrogen-bond acceptors (Lipinski definition) is 3. The number of carbonyl (C=O) groups excluding carboxylic acids is 1. The van der Waals surface area contributed by atoms with Gasteiger partial charge in [-0.2, -0.15) is 0 Å². The van der Waals surface area contributed by atoms with Crippen molar-refractivity contribution >= 4 is 17.7 Å². The van der Waals surface area contributed by atoms with E-state index in [1.54, 1.807) is 18.9 Å². The molecule has 1 aromatic carbocycles. The van der Waals surface area contributed by atoms with Crippen molar-refractivity contribution in [2.75, 3.05) is 6.54 Å². The molecule has 1 N–H and O–H groups in total. The summed E-state index contributed by atoms with van der Waals surface area (Å²) >= 11 is 1.62. The monoisotopic (exact) mass is 237 g/mol. The topological polar surface area (TPSA) is 29.1 Å². The molecule has 88 valence electrons. The standard InChI is InChI=1S/C13H19NOS/c1-10(2)8-9-14-16-13-6-4-12(5-7-13)11(3)15/h4-7,10,14H,8-9H2,1-3H3. The zero-order chi connectivity index (χ0) is 12.0. The summed E-state index contributed by atoms with van der Waals surface area (Å²) in [5.41, 5.74) is 0.770. The minimum absolute atomic E-state index is 0.115. The Morgan fingerprint density at radius 1 is 1.31 bits per heavy atom. The van der Waals surface area contributed by atoms with E-state index in [0.717, 1.165) is 22.9 Å². The van der Waals surface area contributed by atoms with Crippen LogP contribution in [0.5, 0.6) is 0 Å². The molecule has 0 aromatic heterocycles. The third-order valence-electron chi connectivity index (χ3n) is 2.27. The van der Waals surface area contributed by atoms with E-state index >= 15 is 0 Å². The Morgan fingerprint density at radius 2 is 1.94 bits per heavy atom. The van der Waals surface area contributed by atoms with Gasteiger partial charge in [-0.1, -0.05) is 26.0 Å². The fourth-order valence-corrected chi connectivity index (χ4v) is 1.90. The average Bonchev–Trinajstić information content (AvgIpc) is 2.25. The fraction of sp³-hybridized carbons (Fsp3) is 0.462. The highest BCUT2D eigenvalue weighted by molar-refractivity contribution is 7.97. The number of nitrogens with one attached hydrogen (secondary N) is 1. The molecule has 0 aliphatic rings. The molecular weight excluding hydrogens is 218 g/mol. The number of Topliss-reactive ketones (excluding diaryl/α,β-unsaturated/α-hetero) is 1. The van der Waals surface area contributed by atoms with Crippen molar-refractivity contribution in [2.45, 2.75) is 32.1 Å². The van der Waals surface area contributed by atoms with Gasteiger partial charge in [-0.25, -0.2) is 0 Å². The van der Waals surface area contributed by atoms with E-state index in [9.17, 15) is 4.79 Å². The van der Waals surface area contributed by atoms with Crippen LogP contribution in [0.3, 0.4) is 0 Å². The van der Waals surface area contributed by atoms with Crippen molar-refractivity contribution in [3.8, 4) is 0 Å². The van der Waals surface area contributed by atoms with Crippen LogP contribution in [-0.4, -0.2) is 12.3 Å². The smallest absolute Gasteiger partial charge is 0.159 e. The summed E-state index contributed by atoms with van der Waals surface area (Å²) in [6, 6.07) is 7.69. The number of rotatable bonds is 6. The van der Waals surface area contributed by atoms with Crippen molar-refractivity contribution in [1.29, 1.82) is 0 Å². The lowest BCUT2D eigenvalue weighted by atomic mass is 10.1. The van der Waals surface area contributed by atoms with Crippen LogP contribution in [0.4, 0.5) is 0 Å². The van der Waals surface area contributed by atoms with E-state index in [1.165, 1.54) is 6.42 Å². The first-order valence-corrected chi connectivity index (χ1v) is 6.42. The zero-order valence-electron chi connectivity index (χ0n) is 10.1. The summed E-state index contributed by atoms with van der Waals surface area (Å²) in [7, 11) is 0. The minimum Gasteiger partial charge on any atom is -0.295 e. The molecule has 2 nitrogen and oxygen atoms in total. The van der Waals surface area contributed by atoms with Gasteiger partial charge in [0.2, 0.25) is 0 Å². The Hall–Kier alpha value is -0.800. The van der Waals surface area contributed by atoms with Crippen LogP contribution in [0, 0.1) is 5.92 Å². The minimum atomic E-state index is 0.115. The predicted octanol–water partition coefficient (Wildman–Crippen LogP) is 3.53. The molecule has 0 saturated carbocycles. The summed E-state index contributed by atoms with van der Waals surface area (Å²) in [4.78, 5) is 12.2. The molecule has 0 spiro atoms. The molecule has 0 fully saturated rings. The van der Waals surface area contributed by atoms with Gasteiger partial charge in [0, 0.05) is 17.0 Å². The second kappa shape index (κ2) is 6.71. The van der Waals surface area contributed by atoms with Gasteiger partial charge < -0.3 is 0 Å². The summed E-state index contributed by atoms with van der Waals surface area (Å²) in [5.74, 6) is 0.845. The van der Waals surface area contributed by atoms with E-state index in [0.29, 0.717) is 0 Å². The maximum Gasteiger partial charge on any atom is 0.159 e. The van der Waals surface area contributed by atoms with Crippen LogP contribution in [0.15, 0.2) is 29.2 Å². The Kier molecular flexibility index (Phi) is 5.56. The maximum absolute atomic E-state index is 11.1. The SMILES string of the molecule is CC(=O)c1ccc(SNCCC(C)C)cc1. The summed E-state index contributed by atoms with van der Waals surface area (Å²) in [6.45, 7) is 7.03. The first-order chi connectivity index (χ1) is 7.59. The van der Waals surface area contributed by atoms with Gasteiger partial charge >= 0.3 is 0 Å². The predicted molar refractivity (Wildman–Crippen MR) is 69.8 cm³/mol. The molecule has 0 saturated heterocycles. The Morgan fingerprint density at radius 3 is 2.44 bits per heavy atom. The van der Waals surface area contributed by atoms with Gasteiger partial charge in [-0.15, -0.1) is 0 Å². The Balaban J connectivity index is 2.35. The second-order valence-electron chi connectivity index (χ2n) is 4.26. The maximum atomic E-state index is 11.1. The van der Waals surface area contributed by atoms with Gasteiger partial charge in [0.05, 0.1) is 0 Å². The lowest BCUT2D eigenvalue weighted by Crippen LogP contribution is -2.07. The normalized spacial score (nSPS) is 10.8. The zero-order valence-corrected chi connectivity index (χ0v) is 10.9. The molecule has 0 radical (unpaired) electrons. The van der Waals surface area contributed by atoms with Gasteiger partial charge in [0.25, 0.3) is 0 Å². The highest BCUT2D eigenvalue weighted by Crippen LogP contribution is 2.15. The number of ketones is 1. The largest absolute Gasteiger partial charge is 0.295 e. The summed E-state index contributed by atoms with van der Waals surface area (Å²) < 4.78 is 3.31. The Bertz CT molecular complexity index is 332. The number of benzene rings is 1. The van der Waals surface area contributed by atoms with Crippen molar-refractivity contribution < 1.29 is 4.79 Å².